The van der Waals surface area contributed by atoms with Crippen molar-refractivity contribution < 1.29 is 9.53 Å². The second kappa shape index (κ2) is 7.38. The van der Waals surface area contributed by atoms with Crippen molar-refractivity contribution in [1.82, 2.24) is 0 Å². The number of carbonyl (C=O) groups is 1. The highest BCUT2D eigenvalue weighted by Gasteiger charge is 2.68. The molecule has 34 heavy (non-hydrogen) atoms. The minimum atomic E-state index is -0.115. The summed E-state index contributed by atoms with van der Waals surface area (Å²) in [5.74, 6) is 2.65. The van der Waals surface area contributed by atoms with E-state index in [1.807, 2.05) is 0 Å². The van der Waals surface area contributed by atoms with Crippen LogP contribution < -0.4 is 0 Å². The summed E-state index contributed by atoms with van der Waals surface area (Å²) in [5, 5.41) is 0. The van der Waals surface area contributed by atoms with E-state index in [9.17, 15) is 4.79 Å². The van der Waals surface area contributed by atoms with Crippen molar-refractivity contribution in [1.29, 1.82) is 0 Å². The van der Waals surface area contributed by atoms with E-state index < -0.39 is 0 Å². The molecule has 4 fully saturated rings. The van der Waals surface area contributed by atoms with Gasteiger partial charge in [-0.15, -0.1) is 0 Å². The maximum atomic E-state index is 11.9. The monoisotopic (exact) mass is 468 g/mol. The Hall–Kier alpha value is -0.790. The fourth-order valence-corrected chi connectivity index (χ4v) is 11.0. The molecule has 0 aromatic carbocycles. The van der Waals surface area contributed by atoms with E-state index in [1.54, 1.807) is 6.92 Å². The van der Waals surface area contributed by atoms with Gasteiger partial charge in [-0.2, -0.15) is 0 Å². The van der Waals surface area contributed by atoms with Gasteiger partial charge < -0.3 is 4.74 Å². The maximum Gasteiger partial charge on any atom is 0.302 e. The number of rotatable bonds is 1. The molecule has 0 amide bonds. The van der Waals surface area contributed by atoms with Gasteiger partial charge in [-0.05, 0) is 109 Å². The Morgan fingerprint density at radius 3 is 2.15 bits per heavy atom. The average molecular weight is 469 g/mol. The summed E-state index contributed by atoms with van der Waals surface area (Å²) < 4.78 is 5.90. The van der Waals surface area contributed by atoms with Crippen LogP contribution >= 0.6 is 0 Å². The number of hydrogen-bond acceptors (Lipinski definition) is 2. The lowest BCUT2D eigenvalue weighted by Gasteiger charge is -2.72. The Morgan fingerprint density at radius 2 is 1.47 bits per heavy atom. The van der Waals surface area contributed by atoms with Gasteiger partial charge in [0.1, 0.15) is 6.10 Å². The van der Waals surface area contributed by atoms with Crippen LogP contribution in [0.4, 0.5) is 0 Å². The molecule has 0 N–H and O–H groups in total. The summed E-state index contributed by atoms with van der Waals surface area (Å²) in [7, 11) is 0. The lowest BCUT2D eigenvalue weighted by molar-refractivity contribution is -0.222. The molecule has 4 saturated carbocycles. The van der Waals surface area contributed by atoms with Gasteiger partial charge in [0.15, 0.2) is 0 Å². The number of hydrogen-bond donors (Lipinski definition) is 0. The standard InChI is InChI=1S/C32H52O2/c1-21(33)34-26-13-14-30(7)24(28(26,4)5)12-15-32(9)25(30)11-10-22-23-20-27(2,3)16-17-29(23,6)18-19-31(22,32)8/h10-11,22-26H,12-20H2,1-9H3/t22-,23+,24+,25-,26+,29-,30+,31-,32-/m1/s1. The summed E-state index contributed by atoms with van der Waals surface area (Å²) in [6, 6.07) is 0. The first-order valence-electron chi connectivity index (χ1n) is 14.4. The molecule has 0 saturated heterocycles. The summed E-state index contributed by atoms with van der Waals surface area (Å²) in [6.07, 6.45) is 17.3. The summed E-state index contributed by atoms with van der Waals surface area (Å²) in [5.41, 5.74) is 2.06. The average Bonchev–Trinajstić information content (AvgIpc) is 2.72. The van der Waals surface area contributed by atoms with Crippen LogP contribution in [-0.2, 0) is 9.53 Å². The van der Waals surface area contributed by atoms with Crippen LogP contribution in [0.25, 0.3) is 0 Å². The second-order valence-corrected chi connectivity index (χ2v) is 15.9. The topological polar surface area (TPSA) is 26.3 Å². The molecule has 0 aromatic rings. The molecular formula is C32H52O2. The van der Waals surface area contributed by atoms with Crippen molar-refractivity contribution >= 4 is 5.97 Å². The van der Waals surface area contributed by atoms with E-state index >= 15 is 0 Å². The molecule has 2 nitrogen and oxygen atoms in total. The third kappa shape index (κ3) is 3.21. The highest BCUT2D eigenvalue weighted by Crippen LogP contribution is 2.75. The maximum absolute atomic E-state index is 11.9. The first-order chi connectivity index (χ1) is 15.6. The zero-order chi connectivity index (χ0) is 24.9. The molecule has 5 aliphatic rings. The van der Waals surface area contributed by atoms with Crippen LogP contribution in [0.1, 0.15) is 120 Å². The van der Waals surface area contributed by atoms with E-state index in [0.29, 0.717) is 33.5 Å². The second-order valence-electron chi connectivity index (χ2n) is 15.9. The zero-order valence-corrected chi connectivity index (χ0v) is 23.7. The first-order valence-corrected chi connectivity index (χ1v) is 14.4. The number of fused-ring (bicyclic) bond motifs is 7. The van der Waals surface area contributed by atoms with Crippen molar-refractivity contribution in [2.45, 2.75) is 126 Å². The normalized spacial score (nSPS) is 53.0. The van der Waals surface area contributed by atoms with Crippen molar-refractivity contribution in [3.63, 3.8) is 0 Å². The quantitative estimate of drug-likeness (QED) is 0.284. The SMILES string of the molecule is CC(=O)O[C@H]1CC[C@]2(C)[C@H]3C=C[C@@H]4[C@@H]5CC(C)(C)CC[C@]5(C)CC[C@@]4(C)[C@]3(C)CC[C@H]2C1(C)C. The predicted octanol–water partition coefficient (Wildman–Crippen LogP) is 8.60. The Kier molecular flexibility index (Phi) is 5.40. The lowest BCUT2D eigenvalue weighted by atomic mass is 9.33. The molecule has 9 atom stereocenters. The fourth-order valence-electron chi connectivity index (χ4n) is 11.0. The zero-order valence-electron chi connectivity index (χ0n) is 23.7. The van der Waals surface area contributed by atoms with Gasteiger partial charge in [0.2, 0.25) is 0 Å². The molecule has 0 spiro atoms. The lowest BCUT2D eigenvalue weighted by Crippen LogP contribution is -2.65. The van der Waals surface area contributed by atoms with Crippen molar-refractivity contribution in [3.8, 4) is 0 Å². The molecule has 0 unspecified atom stereocenters. The van der Waals surface area contributed by atoms with Crippen molar-refractivity contribution in [3.05, 3.63) is 12.2 Å². The minimum absolute atomic E-state index is 0.0319. The van der Waals surface area contributed by atoms with Crippen LogP contribution in [0.15, 0.2) is 12.2 Å². The summed E-state index contributed by atoms with van der Waals surface area (Å²) >= 11 is 0. The molecule has 0 bridgehead atoms. The molecule has 5 aliphatic carbocycles. The fraction of sp³-hybridized carbons (Fsp3) is 0.906. The largest absolute Gasteiger partial charge is 0.462 e. The predicted molar refractivity (Wildman–Crippen MR) is 140 cm³/mol. The highest BCUT2D eigenvalue weighted by molar-refractivity contribution is 5.66. The molecule has 2 heteroatoms. The van der Waals surface area contributed by atoms with Crippen LogP contribution in [-0.4, -0.2) is 12.1 Å². The third-order valence-corrected chi connectivity index (χ3v) is 13.4. The number of ether oxygens (including phenoxy) is 1. The van der Waals surface area contributed by atoms with Crippen LogP contribution in [0.2, 0.25) is 0 Å². The van der Waals surface area contributed by atoms with Crippen LogP contribution in [0, 0.1) is 56.2 Å². The van der Waals surface area contributed by atoms with Gasteiger partial charge in [-0.1, -0.05) is 67.5 Å². The van der Waals surface area contributed by atoms with E-state index in [2.05, 4.69) is 67.5 Å². The molecular weight excluding hydrogens is 416 g/mol. The Morgan fingerprint density at radius 1 is 0.794 bits per heavy atom. The van der Waals surface area contributed by atoms with Gasteiger partial charge in [-0.3, -0.25) is 4.79 Å². The third-order valence-electron chi connectivity index (χ3n) is 13.4. The molecule has 0 aromatic heterocycles. The van der Waals surface area contributed by atoms with Crippen molar-refractivity contribution in [2.75, 3.05) is 0 Å². The highest BCUT2D eigenvalue weighted by atomic mass is 16.5. The number of allylic oxidation sites excluding steroid dienone is 2. The number of esters is 1. The van der Waals surface area contributed by atoms with E-state index in [4.69, 9.17) is 4.74 Å². The van der Waals surface area contributed by atoms with Crippen LogP contribution in [0.3, 0.4) is 0 Å². The molecule has 0 aliphatic heterocycles. The van der Waals surface area contributed by atoms with E-state index in [1.165, 1.54) is 51.4 Å². The molecule has 5 rings (SSSR count). The van der Waals surface area contributed by atoms with Gasteiger partial charge in [-0.25, -0.2) is 0 Å². The van der Waals surface area contributed by atoms with Gasteiger partial charge in [0, 0.05) is 12.3 Å². The molecule has 192 valence electrons. The van der Waals surface area contributed by atoms with Gasteiger partial charge in [0.05, 0.1) is 0 Å². The Balaban J connectivity index is 1.53. The molecule has 0 heterocycles. The summed E-state index contributed by atoms with van der Waals surface area (Å²) in [6.45, 7) is 22.0. The summed E-state index contributed by atoms with van der Waals surface area (Å²) in [4.78, 5) is 11.9. The first kappa shape index (κ1) is 24.9. The van der Waals surface area contributed by atoms with E-state index in [0.717, 1.165) is 18.3 Å². The Bertz CT molecular complexity index is 883. The van der Waals surface area contributed by atoms with Gasteiger partial charge in [0.25, 0.3) is 0 Å². The Labute approximate surface area is 210 Å². The van der Waals surface area contributed by atoms with Crippen molar-refractivity contribution in [2.24, 2.45) is 56.2 Å². The van der Waals surface area contributed by atoms with Crippen LogP contribution in [0.5, 0.6) is 0 Å². The van der Waals surface area contributed by atoms with Gasteiger partial charge >= 0.3 is 5.97 Å². The minimum Gasteiger partial charge on any atom is -0.462 e. The van der Waals surface area contributed by atoms with E-state index in [-0.39, 0.29) is 22.9 Å². The smallest absolute Gasteiger partial charge is 0.302 e. The molecule has 0 radical (unpaired) electrons. The number of carbonyl (C=O) groups excluding carboxylic acids is 1.